The number of esters is 1. The third kappa shape index (κ3) is 1.89. The van der Waals surface area contributed by atoms with E-state index >= 15 is 0 Å². The molecule has 0 bridgehead atoms. The first kappa shape index (κ1) is 10.9. The molecule has 86 valence electrons. The lowest BCUT2D eigenvalue weighted by atomic mass is 9.58. The first-order valence-electron chi connectivity index (χ1n) is 6.00. The highest BCUT2D eigenvalue weighted by Crippen LogP contribution is 2.53. The van der Waals surface area contributed by atoms with Crippen LogP contribution in [0.3, 0.4) is 0 Å². The summed E-state index contributed by atoms with van der Waals surface area (Å²) in [6.07, 6.45) is 7.04. The van der Waals surface area contributed by atoms with Crippen LogP contribution in [0.4, 0.5) is 0 Å². The average molecular weight is 212 g/mol. The van der Waals surface area contributed by atoms with Crippen LogP contribution in [-0.4, -0.2) is 23.3 Å². The molecule has 3 heteroatoms. The van der Waals surface area contributed by atoms with Crippen LogP contribution in [-0.2, 0) is 9.53 Å². The third-order valence-electron chi connectivity index (χ3n) is 4.21. The average Bonchev–Trinajstić information content (AvgIpc) is 2.17. The number of hydrogen-bond acceptors (Lipinski definition) is 3. The zero-order valence-corrected chi connectivity index (χ0v) is 9.42. The zero-order valence-electron chi connectivity index (χ0n) is 9.42. The second-order valence-corrected chi connectivity index (χ2v) is 5.11. The van der Waals surface area contributed by atoms with E-state index in [1.807, 2.05) is 0 Å². The highest BCUT2D eigenvalue weighted by molar-refractivity contribution is 5.79. The summed E-state index contributed by atoms with van der Waals surface area (Å²) in [6, 6.07) is 0. The fourth-order valence-corrected chi connectivity index (χ4v) is 2.84. The van der Waals surface area contributed by atoms with Gasteiger partial charge in [-0.1, -0.05) is 6.42 Å². The summed E-state index contributed by atoms with van der Waals surface area (Å²) in [5, 5.41) is 10.1. The van der Waals surface area contributed by atoms with Gasteiger partial charge in [0.2, 0.25) is 0 Å². The summed E-state index contributed by atoms with van der Waals surface area (Å²) in [5.41, 5.74) is -0.713. The van der Waals surface area contributed by atoms with Gasteiger partial charge in [-0.05, 0) is 50.9 Å². The van der Waals surface area contributed by atoms with Crippen molar-refractivity contribution in [3.05, 3.63) is 0 Å². The third-order valence-corrected chi connectivity index (χ3v) is 4.21. The lowest BCUT2D eigenvalue weighted by Crippen LogP contribution is -2.47. The van der Waals surface area contributed by atoms with Gasteiger partial charge in [0.15, 0.2) is 5.60 Å². The van der Waals surface area contributed by atoms with Crippen LogP contribution in [0.25, 0.3) is 0 Å². The molecule has 3 nitrogen and oxygen atoms in total. The van der Waals surface area contributed by atoms with Crippen LogP contribution < -0.4 is 0 Å². The van der Waals surface area contributed by atoms with Crippen molar-refractivity contribution in [3.63, 3.8) is 0 Å². The Bertz CT molecular complexity index is 246. The van der Waals surface area contributed by atoms with Crippen molar-refractivity contribution in [2.75, 3.05) is 6.61 Å². The number of aliphatic hydroxyl groups is 1. The van der Waals surface area contributed by atoms with Gasteiger partial charge >= 0.3 is 5.97 Å². The molecule has 1 spiro atoms. The fourth-order valence-electron chi connectivity index (χ4n) is 2.84. The first-order valence-corrected chi connectivity index (χ1v) is 6.00. The number of carbonyl (C=O) groups is 1. The Kier molecular flexibility index (Phi) is 2.75. The molecule has 2 fully saturated rings. The van der Waals surface area contributed by atoms with E-state index < -0.39 is 11.6 Å². The topological polar surface area (TPSA) is 46.5 Å². The second kappa shape index (κ2) is 3.78. The number of rotatable bonds is 2. The van der Waals surface area contributed by atoms with Crippen molar-refractivity contribution >= 4 is 5.97 Å². The maximum atomic E-state index is 11.6. The smallest absolute Gasteiger partial charge is 0.338 e. The van der Waals surface area contributed by atoms with Crippen LogP contribution in [0, 0.1) is 5.41 Å². The van der Waals surface area contributed by atoms with E-state index in [0.29, 0.717) is 24.9 Å². The van der Waals surface area contributed by atoms with Gasteiger partial charge in [-0.15, -0.1) is 0 Å². The highest BCUT2D eigenvalue weighted by Gasteiger charge is 2.48. The maximum Gasteiger partial charge on any atom is 0.338 e. The van der Waals surface area contributed by atoms with Gasteiger partial charge in [0.1, 0.15) is 0 Å². The van der Waals surface area contributed by atoms with Gasteiger partial charge in [-0.25, -0.2) is 4.79 Å². The van der Waals surface area contributed by atoms with Crippen molar-refractivity contribution in [2.45, 2.75) is 57.5 Å². The minimum atomic E-state index is -1.18. The van der Waals surface area contributed by atoms with Crippen LogP contribution in [0.1, 0.15) is 51.9 Å². The summed E-state index contributed by atoms with van der Waals surface area (Å²) in [5.74, 6) is -0.417. The Balaban J connectivity index is 1.93. The Morgan fingerprint density at radius 3 is 2.20 bits per heavy atom. The molecule has 0 aliphatic heterocycles. The first-order chi connectivity index (χ1) is 7.10. The Hall–Kier alpha value is -0.570. The lowest BCUT2D eigenvalue weighted by molar-refractivity contribution is -0.173. The molecule has 0 aromatic heterocycles. The largest absolute Gasteiger partial charge is 0.464 e. The minimum absolute atomic E-state index is 0.353. The Labute approximate surface area is 90.8 Å². The van der Waals surface area contributed by atoms with Crippen molar-refractivity contribution in [3.8, 4) is 0 Å². The maximum absolute atomic E-state index is 11.6. The van der Waals surface area contributed by atoms with Gasteiger partial charge in [0.05, 0.1) is 6.61 Å². The zero-order chi connectivity index (χ0) is 10.9. The molecule has 0 amide bonds. The van der Waals surface area contributed by atoms with Crippen molar-refractivity contribution < 1.29 is 14.6 Å². The molecule has 0 atom stereocenters. The van der Waals surface area contributed by atoms with E-state index in [1.165, 1.54) is 19.3 Å². The summed E-state index contributed by atoms with van der Waals surface area (Å²) in [6.45, 7) is 2.13. The molecule has 15 heavy (non-hydrogen) atoms. The summed E-state index contributed by atoms with van der Waals surface area (Å²) < 4.78 is 4.92. The van der Waals surface area contributed by atoms with Crippen molar-refractivity contribution in [1.29, 1.82) is 0 Å². The molecule has 0 saturated heterocycles. The van der Waals surface area contributed by atoms with E-state index in [2.05, 4.69) is 0 Å². The molecule has 0 aromatic rings. The predicted octanol–water partition coefficient (Wildman–Crippen LogP) is 2.02. The van der Waals surface area contributed by atoms with Crippen LogP contribution in [0.2, 0.25) is 0 Å². The Morgan fingerprint density at radius 2 is 1.80 bits per heavy atom. The molecular formula is C12H20O3. The quantitative estimate of drug-likeness (QED) is 0.712. The minimum Gasteiger partial charge on any atom is -0.464 e. The van der Waals surface area contributed by atoms with Crippen LogP contribution >= 0.6 is 0 Å². The van der Waals surface area contributed by atoms with Gasteiger partial charge in [-0.2, -0.15) is 0 Å². The van der Waals surface area contributed by atoms with Crippen LogP contribution in [0.15, 0.2) is 0 Å². The van der Waals surface area contributed by atoms with E-state index in [0.717, 1.165) is 12.8 Å². The number of ether oxygens (including phenoxy) is 1. The molecule has 2 rings (SSSR count). The molecule has 2 aliphatic carbocycles. The molecular weight excluding hydrogens is 192 g/mol. The summed E-state index contributed by atoms with van der Waals surface area (Å²) >= 11 is 0. The summed E-state index contributed by atoms with van der Waals surface area (Å²) in [4.78, 5) is 11.6. The van der Waals surface area contributed by atoms with Gasteiger partial charge in [0.25, 0.3) is 0 Å². The van der Waals surface area contributed by atoms with Crippen LogP contribution in [0.5, 0.6) is 0 Å². The predicted molar refractivity (Wildman–Crippen MR) is 56.3 cm³/mol. The second-order valence-electron chi connectivity index (χ2n) is 5.11. The summed E-state index contributed by atoms with van der Waals surface area (Å²) in [7, 11) is 0. The fraction of sp³-hybridized carbons (Fsp3) is 0.917. The molecule has 0 heterocycles. The molecule has 0 radical (unpaired) electrons. The molecule has 0 aromatic carbocycles. The molecule has 1 N–H and O–H groups in total. The van der Waals surface area contributed by atoms with E-state index in [9.17, 15) is 9.90 Å². The lowest BCUT2D eigenvalue weighted by Gasteiger charge is -2.48. The molecule has 2 saturated carbocycles. The standard InChI is InChI=1S/C12H20O3/c1-2-15-10(13)12(14)8-6-11(7-9-12)4-3-5-11/h14H,2-9H2,1H3. The van der Waals surface area contributed by atoms with Crippen molar-refractivity contribution in [2.24, 2.45) is 5.41 Å². The van der Waals surface area contributed by atoms with E-state index in [1.54, 1.807) is 6.92 Å². The SMILES string of the molecule is CCOC(=O)C1(O)CCC2(CCC2)CC1. The normalized spacial score (nSPS) is 27.1. The highest BCUT2D eigenvalue weighted by atomic mass is 16.5. The van der Waals surface area contributed by atoms with Gasteiger partial charge < -0.3 is 9.84 Å². The van der Waals surface area contributed by atoms with Crippen molar-refractivity contribution in [1.82, 2.24) is 0 Å². The van der Waals surface area contributed by atoms with E-state index in [4.69, 9.17) is 4.74 Å². The Morgan fingerprint density at radius 1 is 1.20 bits per heavy atom. The van der Waals surface area contributed by atoms with Gasteiger partial charge in [0, 0.05) is 0 Å². The molecule has 2 aliphatic rings. The molecule has 0 unspecified atom stereocenters. The van der Waals surface area contributed by atoms with E-state index in [-0.39, 0.29) is 0 Å². The van der Waals surface area contributed by atoms with Gasteiger partial charge in [-0.3, -0.25) is 0 Å². The number of carbonyl (C=O) groups excluding carboxylic acids is 1. The monoisotopic (exact) mass is 212 g/mol. The number of hydrogen-bond donors (Lipinski definition) is 1.